The second kappa shape index (κ2) is 9.20. The van der Waals surface area contributed by atoms with E-state index in [2.05, 4.69) is 5.32 Å². The number of nitrogens with zero attached hydrogens (tertiary/aromatic N) is 1. The Morgan fingerprint density at radius 3 is 2.64 bits per heavy atom. The molecule has 2 atom stereocenters. The van der Waals surface area contributed by atoms with E-state index in [0.717, 1.165) is 18.4 Å². The van der Waals surface area contributed by atoms with Gasteiger partial charge < -0.3 is 15.3 Å². The molecule has 1 fully saturated rings. The summed E-state index contributed by atoms with van der Waals surface area (Å²) in [5, 5.41) is 11.7. The molecule has 1 aromatic carbocycles. The molecule has 0 radical (unpaired) electrons. The molecule has 0 spiro atoms. The maximum Gasteiger partial charge on any atom is 0.303 e. The number of carbonyl (C=O) groups excluding carboxylic acids is 2. The zero-order valence-corrected chi connectivity index (χ0v) is 14.6. The van der Waals surface area contributed by atoms with Crippen LogP contribution in [0.1, 0.15) is 50.6 Å². The molecule has 6 nitrogen and oxygen atoms in total. The van der Waals surface area contributed by atoms with Crippen molar-refractivity contribution in [2.45, 2.75) is 45.1 Å². The zero-order valence-electron chi connectivity index (χ0n) is 14.6. The second-order valence-corrected chi connectivity index (χ2v) is 6.65. The highest BCUT2D eigenvalue weighted by molar-refractivity contribution is 5.79. The van der Waals surface area contributed by atoms with Crippen LogP contribution in [-0.2, 0) is 14.4 Å². The monoisotopic (exact) mass is 346 g/mol. The minimum Gasteiger partial charge on any atom is -0.481 e. The van der Waals surface area contributed by atoms with Gasteiger partial charge >= 0.3 is 5.97 Å². The van der Waals surface area contributed by atoms with Crippen molar-refractivity contribution in [3.05, 3.63) is 35.9 Å². The standard InChI is InChI=1S/C19H26N2O4/c1-14(22)20-17(16-7-3-2-4-8-16)12-18(23)21-11-5-6-15(13-21)9-10-19(24)25/h2-4,7-8,15,17H,5-6,9-13H2,1H3,(H,20,22)(H,24,25)/t15-,17+/m0/s1. The summed E-state index contributed by atoms with van der Waals surface area (Å²) in [7, 11) is 0. The molecular formula is C19H26N2O4. The number of hydrogen-bond donors (Lipinski definition) is 2. The summed E-state index contributed by atoms with van der Waals surface area (Å²) in [6.07, 6.45) is 2.82. The number of aliphatic carboxylic acids is 1. The smallest absolute Gasteiger partial charge is 0.303 e. The lowest BCUT2D eigenvalue weighted by atomic mass is 9.92. The first-order valence-electron chi connectivity index (χ1n) is 8.77. The van der Waals surface area contributed by atoms with Gasteiger partial charge in [0.15, 0.2) is 0 Å². The van der Waals surface area contributed by atoms with Gasteiger partial charge in [0.2, 0.25) is 11.8 Å². The molecule has 0 unspecified atom stereocenters. The van der Waals surface area contributed by atoms with E-state index in [1.165, 1.54) is 6.92 Å². The van der Waals surface area contributed by atoms with Gasteiger partial charge in [0.1, 0.15) is 0 Å². The van der Waals surface area contributed by atoms with Gasteiger partial charge in [0.05, 0.1) is 12.5 Å². The van der Waals surface area contributed by atoms with Crippen molar-refractivity contribution in [1.82, 2.24) is 10.2 Å². The van der Waals surface area contributed by atoms with Crippen LogP contribution in [0.25, 0.3) is 0 Å². The van der Waals surface area contributed by atoms with Crippen LogP contribution in [0.3, 0.4) is 0 Å². The normalized spacial score (nSPS) is 18.4. The van der Waals surface area contributed by atoms with Gasteiger partial charge in [-0.1, -0.05) is 30.3 Å². The van der Waals surface area contributed by atoms with E-state index in [4.69, 9.17) is 5.11 Å². The van der Waals surface area contributed by atoms with Crippen LogP contribution in [0.15, 0.2) is 30.3 Å². The van der Waals surface area contributed by atoms with Gasteiger partial charge in [0, 0.05) is 26.4 Å². The third-order valence-corrected chi connectivity index (χ3v) is 4.60. The topological polar surface area (TPSA) is 86.7 Å². The van der Waals surface area contributed by atoms with E-state index in [0.29, 0.717) is 19.5 Å². The first-order chi connectivity index (χ1) is 12.0. The van der Waals surface area contributed by atoms with Crippen LogP contribution in [0, 0.1) is 5.92 Å². The Balaban J connectivity index is 1.97. The fraction of sp³-hybridized carbons (Fsp3) is 0.526. The molecule has 0 saturated carbocycles. The highest BCUT2D eigenvalue weighted by Gasteiger charge is 2.26. The SMILES string of the molecule is CC(=O)N[C@H](CC(=O)N1CCC[C@@H](CCC(=O)O)C1)c1ccccc1. The van der Waals surface area contributed by atoms with E-state index < -0.39 is 5.97 Å². The number of amides is 2. The predicted octanol–water partition coefficient (Wildman–Crippen LogP) is 2.36. The Kier molecular flexibility index (Phi) is 6.98. The van der Waals surface area contributed by atoms with Crippen molar-refractivity contribution in [1.29, 1.82) is 0 Å². The largest absolute Gasteiger partial charge is 0.481 e. The van der Waals surface area contributed by atoms with Crippen molar-refractivity contribution in [2.24, 2.45) is 5.92 Å². The molecular weight excluding hydrogens is 320 g/mol. The minimum atomic E-state index is -0.793. The highest BCUT2D eigenvalue weighted by atomic mass is 16.4. The Hall–Kier alpha value is -2.37. The van der Waals surface area contributed by atoms with Crippen molar-refractivity contribution in [3.8, 4) is 0 Å². The number of carboxylic acid groups (broad SMARTS) is 1. The van der Waals surface area contributed by atoms with Gasteiger partial charge in [-0.25, -0.2) is 0 Å². The Morgan fingerprint density at radius 2 is 2.00 bits per heavy atom. The fourth-order valence-electron chi connectivity index (χ4n) is 3.34. The van der Waals surface area contributed by atoms with E-state index in [9.17, 15) is 14.4 Å². The summed E-state index contributed by atoms with van der Waals surface area (Å²) in [5.74, 6) is -0.717. The number of hydrogen-bond acceptors (Lipinski definition) is 3. The molecule has 1 heterocycles. The lowest BCUT2D eigenvalue weighted by Crippen LogP contribution is -2.42. The van der Waals surface area contributed by atoms with Crippen LogP contribution in [-0.4, -0.2) is 40.9 Å². The van der Waals surface area contributed by atoms with E-state index in [1.54, 1.807) is 0 Å². The highest BCUT2D eigenvalue weighted by Crippen LogP contribution is 2.24. The summed E-state index contributed by atoms with van der Waals surface area (Å²) >= 11 is 0. The molecule has 1 aliphatic heterocycles. The van der Waals surface area contributed by atoms with E-state index in [1.807, 2.05) is 35.2 Å². The molecule has 1 aliphatic rings. The van der Waals surface area contributed by atoms with Gasteiger partial charge in [-0.3, -0.25) is 14.4 Å². The minimum absolute atomic E-state index is 0.00243. The van der Waals surface area contributed by atoms with E-state index in [-0.39, 0.29) is 36.6 Å². The molecule has 25 heavy (non-hydrogen) atoms. The lowest BCUT2D eigenvalue weighted by molar-refractivity contribution is -0.137. The first kappa shape index (κ1) is 19.0. The van der Waals surface area contributed by atoms with Crippen molar-refractivity contribution < 1.29 is 19.5 Å². The van der Waals surface area contributed by atoms with E-state index >= 15 is 0 Å². The Bertz CT molecular complexity index is 603. The molecule has 136 valence electrons. The summed E-state index contributed by atoms with van der Waals surface area (Å²) in [6, 6.07) is 9.13. The van der Waals surface area contributed by atoms with Crippen LogP contribution < -0.4 is 5.32 Å². The summed E-state index contributed by atoms with van der Waals surface area (Å²) in [6.45, 7) is 2.75. The third-order valence-electron chi connectivity index (χ3n) is 4.60. The molecule has 0 aliphatic carbocycles. The summed E-state index contributed by atoms with van der Waals surface area (Å²) in [5.41, 5.74) is 0.908. The number of likely N-dealkylation sites (tertiary alicyclic amines) is 1. The van der Waals surface area contributed by atoms with Crippen LogP contribution >= 0.6 is 0 Å². The predicted molar refractivity (Wildman–Crippen MR) is 93.8 cm³/mol. The molecule has 2 amide bonds. The maximum absolute atomic E-state index is 12.7. The van der Waals surface area contributed by atoms with Gasteiger partial charge in [-0.2, -0.15) is 0 Å². The maximum atomic E-state index is 12.7. The van der Waals surface area contributed by atoms with Gasteiger partial charge in [0.25, 0.3) is 0 Å². The molecule has 6 heteroatoms. The van der Waals surface area contributed by atoms with Gasteiger partial charge in [-0.15, -0.1) is 0 Å². The number of benzene rings is 1. The summed E-state index contributed by atoms with van der Waals surface area (Å²) in [4.78, 5) is 36.8. The second-order valence-electron chi connectivity index (χ2n) is 6.65. The quantitative estimate of drug-likeness (QED) is 0.793. The average molecular weight is 346 g/mol. The number of carboxylic acids is 1. The Labute approximate surface area is 148 Å². The van der Waals surface area contributed by atoms with Crippen LogP contribution in [0.5, 0.6) is 0 Å². The molecule has 0 aromatic heterocycles. The van der Waals surface area contributed by atoms with Gasteiger partial charge in [-0.05, 0) is 30.7 Å². The number of piperidine rings is 1. The zero-order chi connectivity index (χ0) is 18.2. The Morgan fingerprint density at radius 1 is 1.28 bits per heavy atom. The van der Waals surface area contributed by atoms with Crippen molar-refractivity contribution in [3.63, 3.8) is 0 Å². The number of rotatable bonds is 7. The molecule has 0 bridgehead atoms. The number of nitrogens with one attached hydrogen (secondary N) is 1. The van der Waals surface area contributed by atoms with Crippen LogP contribution in [0.4, 0.5) is 0 Å². The molecule has 1 saturated heterocycles. The van der Waals surface area contributed by atoms with Crippen LogP contribution in [0.2, 0.25) is 0 Å². The molecule has 1 aromatic rings. The first-order valence-corrected chi connectivity index (χ1v) is 8.77. The number of carbonyl (C=O) groups is 3. The lowest BCUT2D eigenvalue weighted by Gasteiger charge is -2.33. The summed E-state index contributed by atoms with van der Waals surface area (Å²) < 4.78 is 0. The average Bonchev–Trinajstić information content (AvgIpc) is 2.60. The molecule has 2 N–H and O–H groups in total. The third kappa shape index (κ3) is 6.21. The fourth-order valence-corrected chi connectivity index (χ4v) is 3.34. The van der Waals surface area contributed by atoms with Crippen molar-refractivity contribution >= 4 is 17.8 Å². The van der Waals surface area contributed by atoms with Crippen molar-refractivity contribution in [2.75, 3.05) is 13.1 Å². The molecule has 2 rings (SSSR count).